The van der Waals surface area contributed by atoms with Gasteiger partial charge in [0.15, 0.2) is 0 Å². The molecule has 106 valence electrons. The molecule has 0 radical (unpaired) electrons. The molecule has 0 aromatic rings. The van der Waals surface area contributed by atoms with Crippen LogP contribution in [0.1, 0.15) is 52.4 Å². The van der Waals surface area contributed by atoms with Crippen molar-refractivity contribution in [3.63, 3.8) is 0 Å². The van der Waals surface area contributed by atoms with Crippen molar-refractivity contribution in [2.24, 2.45) is 17.8 Å². The van der Waals surface area contributed by atoms with Gasteiger partial charge in [-0.2, -0.15) is 13.2 Å². The van der Waals surface area contributed by atoms with Crippen LogP contribution in [0, 0.1) is 17.8 Å². The second-order valence-electron chi connectivity index (χ2n) is 6.33. The molecule has 4 heteroatoms. The molecule has 0 aromatic carbocycles. The van der Waals surface area contributed by atoms with E-state index < -0.39 is 12.2 Å². The van der Waals surface area contributed by atoms with Gasteiger partial charge in [-0.1, -0.05) is 20.3 Å². The molecular formula is C14H24F3N. The maximum atomic E-state index is 12.8. The van der Waals surface area contributed by atoms with Crippen LogP contribution in [0.3, 0.4) is 0 Å². The van der Waals surface area contributed by atoms with Gasteiger partial charge in [0.25, 0.3) is 0 Å². The van der Waals surface area contributed by atoms with E-state index in [0.29, 0.717) is 18.3 Å². The molecular weight excluding hydrogens is 239 g/mol. The third-order valence-corrected chi connectivity index (χ3v) is 5.03. The molecule has 1 saturated heterocycles. The summed E-state index contributed by atoms with van der Waals surface area (Å²) < 4.78 is 38.3. The Kier molecular flexibility index (Phi) is 4.25. The number of hydrogen-bond acceptors (Lipinski definition) is 1. The summed E-state index contributed by atoms with van der Waals surface area (Å²) in [6.07, 6.45) is 1.14. The smallest absolute Gasteiger partial charge is 0.303 e. The topological polar surface area (TPSA) is 12.0 Å². The van der Waals surface area contributed by atoms with Crippen LogP contribution in [-0.2, 0) is 0 Å². The zero-order chi connectivity index (χ0) is 13.3. The summed E-state index contributed by atoms with van der Waals surface area (Å²) in [7, 11) is 0. The highest BCUT2D eigenvalue weighted by Crippen LogP contribution is 2.38. The van der Waals surface area contributed by atoms with Gasteiger partial charge in [0.2, 0.25) is 0 Å². The van der Waals surface area contributed by atoms with Crippen LogP contribution >= 0.6 is 0 Å². The van der Waals surface area contributed by atoms with E-state index in [0.717, 1.165) is 25.2 Å². The Balaban J connectivity index is 1.93. The van der Waals surface area contributed by atoms with E-state index in [2.05, 4.69) is 19.2 Å². The first-order valence-corrected chi connectivity index (χ1v) is 7.20. The second kappa shape index (κ2) is 5.40. The third kappa shape index (κ3) is 3.19. The van der Waals surface area contributed by atoms with Crippen LogP contribution < -0.4 is 5.32 Å². The first-order valence-electron chi connectivity index (χ1n) is 7.20. The highest BCUT2D eigenvalue weighted by molar-refractivity contribution is 4.91. The van der Waals surface area contributed by atoms with Gasteiger partial charge in [0.05, 0.1) is 0 Å². The first kappa shape index (κ1) is 14.2. The van der Waals surface area contributed by atoms with E-state index in [9.17, 15) is 13.2 Å². The molecule has 18 heavy (non-hydrogen) atoms. The van der Waals surface area contributed by atoms with Crippen LogP contribution in [0.25, 0.3) is 0 Å². The van der Waals surface area contributed by atoms with Gasteiger partial charge in [-0.15, -0.1) is 0 Å². The Morgan fingerprint density at radius 2 is 1.67 bits per heavy atom. The van der Waals surface area contributed by atoms with Crippen LogP contribution in [-0.4, -0.2) is 18.3 Å². The number of rotatable bonds is 1. The minimum atomic E-state index is -4.08. The predicted molar refractivity (Wildman–Crippen MR) is 66.3 cm³/mol. The third-order valence-electron chi connectivity index (χ3n) is 5.03. The van der Waals surface area contributed by atoms with E-state index in [1.165, 1.54) is 6.42 Å². The Morgan fingerprint density at radius 1 is 0.944 bits per heavy atom. The average molecular weight is 263 g/mol. The van der Waals surface area contributed by atoms with E-state index in [1.54, 1.807) is 0 Å². The summed E-state index contributed by atoms with van der Waals surface area (Å²) in [4.78, 5) is 0. The molecule has 1 N–H and O–H groups in total. The SMILES string of the molecule is CC1CCC(C2CCCC(C(F)(F)F)N2)CC1C. The fraction of sp³-hybridized carbons (Fsp3) is 1.00. The van der Waals surface area contributed by atoms with Gasteiger partial charge in [-0.25, -0.2) is 0 Å². The Hall–Kier alpha value is -0.250. The fourth-order valence-electron chi connectivity index (χ4n) is 3.55. The van der Waals surface area contributed by atoms with Gasteiger partial charge in [-0.3, -0.25) is 0 Å². The zero-order valence-corrected chi connectivity index (χ0v) is 11.3. The Labute approximate surface area is 108 Å². The molecule has 0 aromatic heterocycles. The summed E-state index contributed by atoms with van der Waals surface area (Å²) in [5, 5.41) is 2.87. The van der Waals surface area contributed by atoms with Gasteiger partial charge < -0.3 is 5.32 Å². The highest BCUT2D eigenvalue weighted by atomic mass is 19.4. The largest absolute Gasteiger partial charge is 0.403 e. The van der Waals surface area contributed by atoms with Crippen molar-refractivity contribution < 1.29 is 13.2 Å². The molecule has 2 fully saturated rings. The van der Waals surface area contributed by atoms with E-state index >= 15 is 0 Å². The van der Waals surface area contributed by atoms with Gasteiger partial charge in [0, 0.05) is 6.04 Å². The number of nitrogens with one attached hydrogen (secondary N) is 1. The molecule has 2 aliphatic rings. The summed E-state index contributed by atoms with van der Waals surface area (Å²) in [6, 6.07) is -1.19. The van der Waals surface area contributed by atoms with Gasteiger partial charge in [0.1, 0.15) is 6.04 Å². The lowest BCUT2D eigenvalue weighted by Crippen LogP contribution is -2.53. The maximum absolute atomic E-state index is 12.8. The number of halogens is 3. The Morgan fingerprint density at radius 3 is 2.28 bits per heavy atom. The van der Waals surface area contributed by atoms with Crippen LogP contribution in [0.5, 0.6) is 0 Å². The molecule has 1 saturated carbocycles. The van der Waals surface area contributed by atoms with Crippen molar-refractivity contribution in [1.29, 1.82) is 0 Å². The molecule has 1 aliphatic carbocycles. The molecule has 5 atom stereocenters. The molecule has 0 spiro atoms. The second-order valence-corrected chi connectivity index (χ2v) is 6.33. The van der Waals surface area contributed by atoms with Crippen molar-refractivity contribution in [2.45, 2.75) is 70.6 Å². The van der Waals surface area contributed by atoms with E-state index in [1.807, 2.05) is 0 Å². The average Bonchev–Trinajstić information content (AvgIpc) is 2.32. The van der Waals surface area contributed by atoms with Crippen molar-refractivity contribution in [3.05, 3.63) is 0 Å². The summed E-state index contributed by atoms with van der Waals surface area (Å²) >= 11 is 0. The van der Waals surface area contributed by atoms with Crippen LogP contribution in [0.15, 0.2) is 0 Å². The fourth-order valence-corrected chi connectivity index (χ4v) is 3.55. The van der Waals surface area contributed by atoms with Crippen molar-refractivity contribution in [2.75, 3.05) is 0 Å². The molecule has 0 amide bonds. The minimum absolute atomic E-state index is 0.0836. The minimum Gasteiger partial charge on any atom is -0.303 e. The Bertz CT molecular complexity index is 277. The zero-order valence-electron chi connectivity index (χ0n) is 11.3. The monoisotopic (exact) mass is 263 g/mol. The van der Waals surface area contributed by atoms with Crippen molar-refractivity contribution >= 4 is 0 Å². The quantitative estimate of drug-likeness (QED) is 0.750. The lowest BCUT2D eigenvalue weighted by molar-refractivity contribution is -0.165. The molecule has 1 aliphatic heterocycles. The molecule has 5 unspecified atom stereocenters. The van der Waals surface area contributed by atoms with E-state index in [-0.39, 0.29) is 12.5 Å². The molecule has 2 rings (SSSR count). The van der Waals surface area contributed by atoms with E-state index in [4.69, 9.17) is 0 Å². The van der Waals surface area contributed by atoms with Crippen molar-refractivity contribution in [1.82, 2.24) is 5.32 Å². The first-order chi connectivity index (χ1) is 8.38. The maximum Gasteiger partial charge on any atom is 0.403 e. The predicted octanol–water partition coefficient (Wildman–Crippen LogP) is 4.13. The standard InChI is InChI=1S/C14H24F3N/c1-9-6-7-11(8-10(9)2)12-4-3-5-13(18-12)14(15,16)17/h9-13,18H,3-8H2,1-2H3. The number of alkyl halides is 3. The molecule has 1 nitrogen and oxygen atoms in total. The van der Waals surface area contributed by atoms with Crippen LogP contribution in [0.2, 0.25) is 0 Å². The normalized spacial score (nSPS) is 42.8. The van der Waals surface area contributed by atoms with Gasteiger partial charge in [-0.05, 0) is 49.9 Å². The summed E-state index contributed by atoms with van der Waals surface area (Å²) in [6.45, 7) is 4.49. The highest BCUT2D eigenvalue weighted by Gasteiger charge is 2.43. The lowest BCUT2D eigenvalue weighted by Gasteiger charge is -2.41. The van der Waals surface area contributed by atoms with Crippen molar-refractivity contribution in [3.8, 4) is 0 Å². The summed E-state index contributed by atoms with van der Waals surface area (Å²) in [5.74, 6) is 1.82. The number of piperidine rings is 1. The van der Waals surface area contributed by atoms with Crippen LogP contribution in [0.4, 0.5) is 13.2 Å². The molecule has 1 heterocycles. The molecule has 0 bridgehead atoms. The lowest BCUT2D eigenvalue weighted by atomic mass is 9.71. The summed E-state index contributed by atoms with van der Waals surface area (Å²) in [5.41, 5.74) is 0. The number of hydrogen-bond donors (Lipinski definition) is 1. The van der Waals surface area contributed by atoms with Gasteiger partial charge >= 0.3 is 6.18 Å².